The van der Waals surface area contributed by atoms with Gasteiger partial charge in [-0.05, 0) is 6.42 Å². The van der Waals surface area contributed by atoms with Crippen LogP contribution in [0.4, 0.5) is 0 Å². The molecule has 128 valence electrons. The van der Waals surface area contributed by atoms with Crippen LogP contribution in [0.5, 0.6) is 0 Å². The average molecular weight is 433 g/mol. The van der Waals surface area contributed by atoms with E-state index in [1.165, 1.54) is 44.8 Å². The van der Waals surface area contributed by atoms with Gasteiger partial charge in [-0.15, -0.1) is 24.0 Å². The van der Waals surface area contributed by atoms with Gasteiger partial charge in [0.2, 0.25) is 0 Å². The molecule has 0 aromatic carbocycles. The molecule has 0 saturated carbocycles. The number of unbranched alkanes of at least 4 members (excludes halogenated alkanes) is 6. The predicted octanol–water partition coefficient (Wildman–Crippen LogP) is 2.56. The Morgan fingerprint density at radius 2 is 1.48 bits per heavy atom. The fourth-order valence-electron chi connectivity index (χ4n) is 1.86. The van der Waals surface area contributed by atoms with E-state index in [-0.39, 0.29) is 29.7 Å². The van der Waals surface area contributed by atoms with E-state index in [0.717, 1.165) is 13.0 Å². The lowest BCUT2D eigenvalue weighted by Gasteiger charge is -2.11. The second-order valence-electron chi connectivity index (χ2n) is 5.18. The molecule has 0 radical (unpaired) electrons. The monoisotopic (exact) mass is 433 g/mol. The van der Waals surface area contributed by atoms with Crippen molar-refractivity contribution in [3.05, 3.63) is 0 Å². The highest BCUT2D eigenvalue weighted by Gasteiger charge is 2.02. The molecule has 0 bridgehead atoms. The van der Waals surface area contributed by atoms with Crippen molar-refractivity contribution in [1.29, 1.82) is 0 Å². The highest BCUT2D eigenvalue weighted by Crippen LogP contribution is 2.06. The first-order chi connectivity index (χ1) is 9.49. The largest absolute Gasteiger partial charge is 0.356 e. The molecule has 0 atom stereocenters. The van der Waals surface area contributed by atoms with Gasteiger partial charge in [-0.25, -0.2) is 8.42 Å². The molecule has 0 aliphatic heterocycles. The van der Waals surface area contributed by atoms with Gasteiger partial charge in [0.25, 0.3) is 0 Å². The fraction of sp³-hybridized carbons (Fsp3) is 0.929. The molecular weight excluding hydrogens is 401 g/mol. The SMILES string of the molecule is CCCCCCCCCNC(=NC)NCCS(C)(=O)=O.I. The second-order valence-corrected chi connectivity index (χ2v) is 7.44. The number of sulfone groups is 1. The number of hydrogen-bond donors (Lipinski definition) is 2. The summed E-state index contributed by atoms with van der Waals surface area (Å²) in [5.74, 6) is 0.810. The van der Waals surface area contributed by atoms with Crippen LogP contribution < -0.4 is 10.6 Å². The lowest BCUT2D eigenvalue weighted by atomic mass is 10.1. The molecule has 21 heavy (non-hydrogen) atoms. The van der Waals surface area contributed by atoms with Gasteiger partial charge in [0.1, 0.15) is 9.84 Å². The predicted molar refractivity (Wildman–Crippen MR) is 102 cm³/mol. The summed E-state index contributed by atoms with van der Waals surface area (Å²) in [6.07, 6.45) is 10.2. The second kappa shape index (κ2) is 14.9. The van der Waals surface area contributed by atoms with Crippen LogP contribution in [0, 0.1) is 0 Å². The number of rotatable bonds is 11. The maximum Gasteiger partial charge on any atom is 0.191 e. The van der Waals surface area contributed by atoms with Crippen molar-refractivity contribution in [2.75, 3.05) is 32.1 Å². The third kappa shape index (κ3) is 17.9. The van der Waals surface area contributed by atoms with Gasteiger partial charge in [0.15, 0.2) is 5.96 Å². The summed E-state index contributed by atoms with van der Waals surface area (Å²) in [6.45, 7) is 3.51. The highest BCUT2D eigenvalue weighted by atomic mass is 127. The number of nitrogens with one attached hydrogen (secondary N) is 2. The number of hydrogen-bond acceptors (Lipinski definition) is 3. The van der Waals surface area contributed by atoms with Gasteiger partial charge < -0.3 is 10.6 Å². The van der Waals surface area contributed by atoms with E-state index in [0.29, 0.717) is 12.5 Å². The summed E-state index contributed by atoms with van der Waals surface area (Å²) < 4.78 is 22.0. The molecule has 0 saturated heterocycles. The molecular formula is C14H32IN3O2S. The van der Waals surface area contributed by atoms with Gasteiger partial charge in [-0.2, -0.15) is 0 Å². The number of guanidine groups is 1. The van der Waals surface area contributed by atoms with E-state index in [4.69, 9.17) is 0 Å². The molecule has 2 N–H and O–H groups in total. The fourth-order valence-corrected chi connectivity index (χ4v) is 2.34. The zero-order chi connectivity index (χ0) is 15.3. The summed E-state index contributed by atoms with van der Waals surface area (Å²) in [6, 6.07) is 0. The molecule has 7 heteroatoms. The van der Waals surface area contributed by atoms with Crippen molar-refractivity contribution in [1.82, 2.24) is 10.6 Å². The smallest absolute Gasteiger partial charge is 0.191 e. The molecule has 0 aliphatic carbocycles. The third-order valence-corrected chi connectivity index (χ3v) is 4.01. The van der Waals surface area contributed by atoms with E-state index < -0.39 is 9.84 Å². The lowest BCUT2D eigenvalue weighted by Crippen LogP contribution is -2.39. The first kappa shape index (κ1) is 23.2. The van der Waals surface area contributed by atoms with Crippen molar-refractivity contribution in [3.8, 4) is 0 Å². The van der Waals surface area contributed by atoms with Gasteiger partial charge >= 0.3 is 0 Å². The van der Waals surface area contributed by atoms with E-state index in [2.05, 4.69) is 22.5 Å². The first-order valence-corrected chi connectivity index (χ1v) is 9.68. The van der Waals surface area contributed by atoms with Crippen LogP contribution in [0.1, 0.15) is 51.9 Å². The van der Waals surface area contributed by atoms with Crippen LogP contribution in [-0.4, -0.2) is 46.5 Å². The minimum Gasteiger partial charge on any atom is -0.356 e. The first-order valence-electron chi connectivity index (χ1n) is 7.62. The van der Waals surface area contributed by atoms with Crippen LogP contribution in [0.2, 0.25) is 0 Å². The quantitative estimate of drug-likeness (QED) is 0.228. The molecule has 0 rings (SSSR count). The molecule has 0 spiro atoms. The molecule has 5 nitrogen and oxygen atoms in total. The van der Waals surface area contributed by atoms with Crippen molar-refractivity contribution >= 4 is 39.8 Å². The van der Waals surface area contributed by atoms with Crippen LogP contribution in [-0.2, 0) is 9.84 Å². The summed E-state index contributed by atoms with van der Waals surface area (Å²) in [4.78, 5) is 4.07. The van der Waals surface area contributed by atoms with Gasteiger partial charge in [-0.3, -0.25) is 4.99 Å². The van der Waals surface area contributed by atoms with Crippen LogP contribution in [0.3, 0.4) is 0 Å². The van der Waals surface area contributed by atoms with E-state index in [9.17, 15) is 8.42 Å². The number of nitrogens with zero attached hydrogens (tertiary/aromatic N) is 1. The van der Waals surface area contributed by atoms with E-state index >= 15 is 0 Å². The Morgan fingerprint density at radius 1 is 0.952 bits per heavy atom. The Balaban J connectivity index is 0. The van der Waals surface area contributed by atoms with E-state index in [1.807, 2.05) is 0 Å². The van der Waals surface area contributed by atoms with Crippen LogP contribution >= 0.6 is 24.0 Å². The Labute approximate surface area is 147 Å². The summed E-state index contributed by atoms with van der Waals surface area (Å²) in [5.41, 5.74) is 0. The summed E-state index contributed by atoms with van der Waals surface area (Å²) in [5, 5.41) is 6.21. The van der Waals surface area contributed by atoms with Gasteiger partial charge in [0, 0.05) is 26.4 Å². The standard InChI is InChI=1S/C14H31N3O2S.HI/c1-4-5-6-7-8-9-10-11-16-14(15-2)17-12-13-20(3,18)19;/h4-13H2,1-3H3,(H2,15,16,17);1H. The van der Waals surface area contributed by atoms with Crippen molar-refractivity contribution < 1.29 is 8.42 Å². The third-order valence-electron chi connectivity index (χ3n) is 3.06. The maximum absolute atomic E-state index is 11.0. The van der Waals surface area contributed by atoms with Crippen LogP contribution in [0.15, 0.2) is 4.99 Å². The van der Waals surface area contributed by atoms with Crippen molar-refractivity contribution in [3.63, 3.8) is 0 Å². The van der Waals surface area contributed by atoms with E-state index in [1.54, 1.807) is 7.05 Å². The van der Waals surface area contributed by atoms with Crippen molar-refractivity contribution in [2.45, 2.75) is 51.9 Å². The molecule has 0 amide bonds. The maximum atomic E-state index is 11.0. The minimum absolute atomic E-state index is 0. The summed E-state index contributed by atoms with van der Waals surface area (Å²) in [7, 11) is -1.22. The molecule has 0 aromatic rings. The number of aliphatic imine (C=N–C) groups is 1. The van der Waals surface area contributed by atoms with Gasteiger partial charge in [0.05, 0.1) is 5.75 Å². The zero-order valence-electron chi connectivity index (χ0n) is 13.7. The number of halogens is 1. The molecule has 0 fully saturated rings. The summed E-state index contributed by atoms with van der Waals surface area (Å²) >= 11 is 0. The molecule has 0 aromatic heterocycles. The van der Waals surface area contributed by atoms with Crippen LogP contribution in [0.25, 0.3) is 0 Å². The molecule has 0 heterocycles. The average Bonchev–Trinajstić information content (AvgIpc) is 2.38. The molecule has 0 aliphatic rings. The van der Waals surface area contributed by atoms with Crippen molar-refractivity contribution in [2.24, 2.45) is 4.99 Å². The topological polar surface area (TPSA) is 70.6 Å². The van der Waals surface area contributed by atoms with Gasteiger partial charge in [-0.1, -0.05) is 45.4 Å². The Kier molecular flexibility index (Phi) is 16.4. The Bertz CT molecular complexity index is 359. The highest BCUT2D eigenvalue weighted by molar-refractivity contribution is 14.0. The molecule has 0 unspecified atom stereocenters. The minimum atomic E-state index is -2.91. The lowest BCUT2D eigenvalue weighted by molar-refractivity contribution is 0.583. The zero-order valence-corrected chi connectivity index (χ0v) is 16.8. The normalized spacial score (nSPS) is 11.9. The Hall–Kier alpha value is -0.0500. The Morgan fingerprint density at radius 3 is 2.00 bits per heavy atom.